The lowest BCUT2D eigenvalue weighted by Crippen LogP contribution is -2.70. The fourth-order valence-electron chi connectivity index (χ4n) is 3.34. The van der Waals surface area contributed by atoms with E-state index in [0.29, 0.717) is 18.0 Å². The van der Waals surface area contributed by atoms with Gasteiger partial charge in [0.1, 0.15) is 0 Å². The molecule has 2 aliphatic heterocycles. The van der Waals surface area contributed by atoms with Gasteiger partial charge in [-0.05, 0) is 33.3 Å². The second-order valence-corrected chi connectivity index (χ2v) is 6.96. The molecule has 2 aliphatic rings. The number of fused-ring (bicyclic) bond motifs is 2. The summed E-state index contributed by atoms with van der Waals surface area (Å²) in [6, 6.07) is 7.42. The van der Waals surface area contributed by atoms with Crippen LogP contribution >= 0.6 is 0 Å². The van der Waals surface area contributed by atoms with Gasteiger partial charge in [0.05, 0.1) is 12.8 Å². The molecular weight excluding hydrogens is 250 g/mol. The van der Waals surface area contributed by atoms with Crippen LogP contribution < -0.4 is 4.74 Å². The Kier molecular flexibility index (Phi) is 3.46. The molecule has 1 aromatic heterocycles. The van der Waals surface area contributed by atoms with Crippen molar-refractivity contribution in [2.24, 2.45) is 0 Å². The second-order valence-electron chi connectivity index (χ2n) is 6.96. The Bertz CT molecular complexity index is 471. The lowest BCUT2D eigenvalue weighted by atomic mass is 9.84. The van der Waals surface area contributed by atoms with Crippen LogP contribution in [0.3, 0.4) is 0 Å². The molecule has 4 nitrogen and oxygen atoms in total. The van der Waals surface area contributed by atoms with Crippen molar-refractivity contribution >= 4 is 0 Å². The van der Waals surface area contributed by atoms with Crippen LogP contribution in [0.1, 0.15) is 32.9 Å². The molecule has 110 valence electrons. The monoisotopic (exact) mass is 275 g/mol. The summed E-state index contributed by atoms with van der Waals surface area (Å²) in [5.74, 6) is 0.713. The maximum Gasteiger partial charge on any atom is 0.213 e. The van der Waals surface area contributed by atoms with Gasteiger partial charge in [-0.3, -0.25) is 9.80 Å². The summed E-state index contributed by atoms with van der Waals surface area (Å²) < 4.78 is 5.21. The molecule has 4 heteroatoms. The molecule has 2 bridgehead atoms. The Morgan fingerprint density at radius 3 is 2.55 bits per heavy atom. The highest BCUT2D eigenvalue weighted by molar-refractivity contribution is 5.17. The van der Waals surface area contributed by atoms with Gasteiger partial charge in [-0.15, -0.1) is 0 Å². The molecular formula is C16H25N3O. The van der Waals surface area contributed by atoms with Crippen molar-refractivity contribution < 1.29 is 4.74 Å². The second kappa shape index (κ2) is 5.01. The summed E-state index contributed by atoms with van der Waals surface area (Å²) in [6.07, 6.45) is 1.34. The minimum atomic E-state index is 0.289. The molecule has 3 rings (SSSR count). The molecule has 0 saturated carbocycles. The van der Waals surface area contributed by atoms with Gasteiger partial charge in [0.25, 0.3) is 0 Å². The molecule has 0 N–H and O–H groups in total. The fourth-order valence-corrected chi connectivity index (χ4v) is 3.34. The summed E-state index contributed by atoms with van der Waals surface area (Å²) in [5.41, 5.74) is 1.40. The zero-order chi connectivity index (χ0) is 14.3. The van der Waals surface area contributed by atoms with E-state index in [4.69, 9.17) is 4.74 Å². The molecule has 2 atom stereocenters. The number of aromatic nitrogens is 1. The maximum absolute atomic E-state index is 5.21. The third-order valence-corrected chi connectivity index (χ3v) is 4.63. The first-order chi connectivity index (χ1) is 9.47. The van der Waals surface area contributed by atoms with Crippen LogP contribution in [0.5, 0.6) is 5.88 Å². The number of piperidine rings is 1. The molecule has 0 aliphatic carbocycles. The quantitative estimate of drug-likeness (QED) is 0.845. The first kappa shape index (κ1) is 13.8. The maximum atomic E-state index is 5.21. The summed E-state index contributed by atoms with van der Waals surface area (Å²) in [4.78, 5) is 9.74. The molecule has 0 spiro atoms. The van der Waals surface area contributed by atoms with E-state index in [0.717, 1.165) is 12.2 Å². The highest BCUT2D eigenvalue weighted by Crippen LogP contribution is 2.36. The zero-order valence-corrected chi connectivity index (χ0v) is 13.0. The van der Waals surface area contributed by atoms with E-state index in [-0.39, 0.29) is 5.54 Å². The smallest absolute Gasteiger partial charge is 0.213 e. The Morgan fingerprint density at radius 1 is 1.25 bits per heavy atom. The van der Waals surface area contributed by atoms with E-state index in [1.54, 1.807) is 7.11 Å². The van der Waals surface area contributed by atoms with Gasteiger partial charge in [0, 0.05) is 43.3 Å². The summed E-state index contributed by atoms with van der Waals surface area (Å²) in [6.45, 7) is 10.3. The molecule has 2 saturated heterocycles. The van der Waals surface area contributed by atoms with E-state index in [2.05, 4.69) is 41.6 Å². The van der Waals surface area contributed by atoms with Crippen LogP contribution in [-0.4, -0.2) is 52.6 Å². The van der Waals surface area contributed by atoms with Gasteiger partial charge in [-0.25, -0.2) is 4.98 Å². The minimum Gasteiger partial charge on any atom is -0.481 e. The van der Waals surface area contributed by atoms with E-state index in [1.165, 1.54) is 19.5 Å². The van der Waals surface area contributed by atoms with Gasteiger partial charge < -0.3 is 4.74 Å². The number of likely N-dealkylation sites (tertiary alicyclic amines) is 2. The average Bonchev–Trinajstić information content (AvgIpc) is 2.44. The van der Waals surface area contributed by atoms with E-state index in [9.17, 15) is 0 Å². The van der Waals surface area contributed by atoms with Crippen LogP contribution in [0.2, 0.25) is 0 Å². The zero-order valence-electron chi connectivity index (χ0n) is 13.0. The van der Waals surface area contributed by atoms with Crippen molar-refractivity contribution in [3.05, 3.63) is 23.9 Å². The topological polar surface area (TPSA) is 28.6 Å². The van der Waals surface area contributed by atoms with Gasteiger partial charge in [0.15, 0.2) is 0 Å². The highest BCUT2D eigenvalue weighted by Gasteiger charge is 2.46. The molecule has 1 aromatic rings. The van der Waals surface area contributed by atoms with Crippen molar-refractivity contribution in [3.63, 3.8) is 0 Å². The molecule has 0 aromatic carbocycles. The van der Waals surface area contributed by atoms with Crippen molar-refractivity contribution in [2.75, 3.05) is 20.2 Å². The summed E-state index contributed by atoms with van der Waals surface area (Å²) in [7, 11) is 1.67. The first-order valence-corrected chi connectivity index (χ1v) is 7.48. The number of pyridine rings is 1. The number of nitrogens with zero attached hydrogens (tertiary/aromatic N) is 3. The van der Waals surface area contributed by atoms with Crippen molar-refractivity contribution in [1.29, 1.82) is 0 Å². The molecule has 2 unspecified atom stereocenters. The molecule has 20 heavy (non-hydrogen) atoms. The number of rotatable bonds is 3. The van der Waals surface area contributed by atoms with Crippen LogP contribution in [0.25, 0.3) is 0 Å². The Hall–Kier alpha value is -1.13. The summed E-state index contributed by atoms with van der Waals surface area (Å²) >= 11 is 0. The van der Waals surface area contributed by atoms with Crippen LogP contribution in [0.4, 0.5) is 0 Å². The number of hydrogen-bond donors (Lipinski definition) is 0. The number of piperazine rings is 1. The lowest BCUT2D eigenvalue weighted by Gasteiger charge is -2.59. The van der Waals surface area contributed by atoms with Crippen molar-refractivity contribution in [1.82, 2.24) is 14.8 Å². The van der Waals surface area contributed by atoms with Crippen LogP contribution in [-0.2, 0) is 6.54 Å². The largest absolute Gasteiger partial charge is 0.481 e. The Labute approximate surface area is 121 Å². The highest BCUT2D eigenvalue weighted by atomic mass is 16.5. The predicted molar refractivity (Wildman–Crippen MR) is 79.9 cm³/mol. The number of methoxy groups -OCH3 is 1. The van der Waals surface area contributed by atoms with Gasteiger partial charge >= 0.3 is 0 Å². The van der Waals surface area contributed by atoms with Crippen LogP contribution in [0.15, 0.2) is 18.2 Å². The normalized spacial score (nSPS) is 27.2. The Balaban J connectivity index is 1.64. The molecule has 0 amide bonds. The molecule has 2 fully saturated rings. The van der Waals surface area contributed by atoms with Crippen LogP contribution in [0, 0.1) is 0 Å². The van der Waals surface area contributed by atoms with E-state index in [1.807, 2.05) is 12.1 Å². The Morgan fingerprint density at radius 2 is 1.95 bits per heavy atom. The molecule has 0 radical (unpaired) electrons. The lowest BCUT2D eigenvalue weighted by molar-refractivity contribution is -0.100. The predicted octanol–water partition coefficient (Wildman–Crippen LogP) is 2.15. The van der Waals surface area contributed by atoms with Gasteiger partial charge in [-0.2, -0.15) is 0 Å². The number of ether oxygens (including phenoxy) is 1. The molecule has 3 heterocycles. The standard InChI is InChI=1S/C16H25N3O/c1-16(2,3)18-10-13-8-14(11-18)19(13)9-12-6-5-7-15(17-12)20-4/h5-7,13-14H,8-11H2,1-4H3. The fraction of sp³-hybridized carbons (Fsp3) is 0.688. The van der Waals surface area contributed by atoms with E-state index < -0.39 is 0 Å². The van der Waals surface area contributed by atoms with Crippen molar-refractivity contribution in [2.45, 2.75) is 51.4 Å². The first-order valence-electron chi connectivity index (χ1n) is 7.48. The number of hydrogen-bond acceptors (Lipinski definition) is 4. The van der Waals surface area contributed by atoms with Gasteiger partial charge in [0.2, 0.25) is 5.88 Å². The van der Waals surface area contributed by atoms with Crippen molar-refractivity contribution in [3.8, 4) is 5.88 Å². The third-order valence-electron chi connectivity index (χ3n) is 4.63. The summed E-state index contributed by atoms with van der Waals surface area (Å²) in [5, 5.41) is 0. The average molecular weight is 275 g/mol. The minimum absolute atomic E-state index is 0.289. The third kappa shape index (κ3) is 2.54. The van der Waals surface area contributed by atoms with Gasteiger partial charge in [-0.1, -0.05) is 6.07 Å². The SMILES string of the molecule is COc1cccc(CN2C3CC2CN(C(C)(C)C)C3)n1. The van der Waals surface area contributed by atoms with E-state index >= 15 is 0 Å².